The van der Waals surface area contributed by atoms with E-state index >= 15 is 0 Å². The zero-order valence-electron chi connectivity index (χ0n) is 8.12. The molecule has 0 aliphatic carbocycles. The summed E-state index contributed by atoms with van der Waals surface area (Å²) in [5.74, 6) is 0.0627. The summed E-state index contributed by atoms with van der Waals surface area (Å²) in [5, 5.41) is 0. The van der Waals surface area contributed by atoms with Crippen LogP contribution in [0.5, 0.6) is 5.75 Å². The maximum atomic E-state index is 11.1. The Morgan fingerprint density at radius 2 is 2.36 bits per heavy atom. The van der Waals surface area contributed by atoms with Crippen LogP contribution in [0.4, 0.5) is 0 Å². The predicted molar refractivity (Wildman–Crippen MR) is 55.4 cm³/mol. The van der Waals surface area contributed by atoms with Crippen LogP contribution >= 0.6 is 0 Å². The van der Waals surface area contributed by atoms with Crippen LogP contribution in [0.15, 0.2) is 30.9 Å². The number of primary amides is 1. The average molecular weight is 191 g/mol. The Kier molecular flexibility index (Phi) is 3.29. The number of rotatable bonds is 4. The second-order valence-electron chi connectivity index (χ2n) is 2.92. The van der Waals surface area contributed by atoms with E-state index in [0.29, 0.717) is 17.9 Å². The maximum absolute atomic E-state index is 11.1. The summed E-state index contributed by atoms with van der Waals surface area (Å²) in [5.41, 5.74) is 6.51. The minimum Gasteiger partial charge on any atom is -0.488 e. The first kappa shape index (κ1) is 10.3. The van der Waals surface area contributed by atoms with Crippen LogP contribution in [-0.4, -0.2) is 12.5 Å². The number of ether oxygens (including phenoxy) is 1. The SMILES string of the molecule is C=CCOc1c(C)cccc1C(N)=O. The van der Waals surface area contributed by atoms with E-state index < -0.39 is 5.91 Å². The molecule has 1 rings (SSSR count). The van der Waals surface area contributed by atoms with Crippen molar-refractivity contribution >= 4 is 5.91 Å². The summed E-state index contributed by atoms with van der Waals surface area (Å²) in [6.07, 6.45) is 1.62. The third kappa shape index (κ3) is 2.13. The highest BCUT2D eigenvalue weighted by atomic mass is 16.5. The highest BCUT2D eigenvalue weighted by molar-refractivity contribution is 5.96. The standard InChI is InChI=1S/C11H13NO2/c1-3-7-14-10-8(2)5-4-6-9(10)11(12)13/h3-6H,1,7H2,2H3,(H2,12,13). The van der Waals surface area contributed by atoms with Crippen molar-refractivity contribution in [3.63, 3.8) is 0 Å². The second-order valence-corrected chi connectivity index (χ2v) is 2.92. The Labute approximate surface area is 83.2 Å². The molecule has 3 nitrogen and oxygen atoms in total. The lowest BCUT2D eigenvalue weighted by Crippen LogP contribution is -2.13. The van der Waals surface area contributed by atoms with Crippen LogP contribution in [-0.2, 0) is 0 Å². The number of aryl methyl sites for hydroxylation is 1. The number of amides is 1. The molecule has 0 unspecified atom stereocenters. The fourth-order valence-electron chi connectivity index (χ4n) is 1.18. The molecule has 2 N–H and O–H groups in total. The van der Waals surface area contributed by atoms with E-state index in [0.717, 1.165) is 5.56 Å². The van der Waals surface area contributed by atoms with Gasteiger partial charge in [-0.15, -0.1) is 0 Å². The number of hydrogen-bond donors (Lipinski definition) is 1. The molecule has 0 spiro atoms. The first-order valence-electron chi connectivity index (χ1n) is 4.30. The third-order valence-electron chi connectivity index (χ3n) is 1.82. The van der Waals surface area contributed by atoms with E-state index in [9.17, 15) is 4.79 Å². The van der Waals surface area contributed by atoms with Crippen LogP contribution < -0.4 is 10.5 Å². The monoisotopic (exact) mass is 191 g/mol. The topological polar surface area (TPSA) is 52.3 Å². The van der Waals surface area contributed by atoms with Gasteiger partial charge in [-0.2, -0.15) is 0 Å². The van der Waals surface area contributed by atoms with E-state index in [2.05, 4.69) is 6.58 Å². The summed E-state index contributed by atoms with van der Waals surface area (Å²) in [4.78, 5) is 11.1. The minimum atomic E-state index is -0.479. The van der Waals surface area contributed by atoms with E-state index in [1.807, 2.05) is 13.0 Å². The van der Waals surface area contributed by atoms with Gasteiger partial charge in [0.15, 0.2) is 0 Å². The van der Waals surface area contributed by atoms with Crippen molar-refractivity contribution in [2.24, 2.45) is 5.73 Å². The average Bonchev–Trinajstić information content (AvgIpc) is 2.15. The molecule has 0 heterocycles. The molecule has 1 amide bonds. The number of carbonyl (C=O) groups is 1. The van der Waals surface area contributed by atoms with E-state index in [1.54, 1.807) is 18.2 Å². The van der Waals surface area contributed by atoms with Gasteiger partial charge in [0.1, 0.15) is 12.4 Å². The minimum absolute atomic E-state index is 0.366. The zero-order valence-corrected chi connectivity index (χ0v) is 8.12. The van der Waals surface area contributed by atoms with Crippen LogP contribution in [0.3, 0.4) is 0 Å². The van der Waals surface area contributed by atoms with Crippen molar-refractivity contribution in [2.75, 3.05) is 6.61 Å². The molecule has 0 radical (unpaired) electrons. The Morgan fingerprint density at radius 1 is 1.64 bits per heavy atom. The second kappa shape index (κ2) is 4.46. The molecule has 14 heavy (non-hydrogen) atoms. The lowest BCUT2D eigenvalue weighted by Gasteiger charge is -2.10. The Hall–Kier alpha value is -1.77. The lowest BCUT2D eigenvalue weighted by molar-refractivity contribution is 0.0996. The van der Waals surface area contributed by atoms with E-state index in [1.165, 1.54) is 0 Å². The zero-order chi connectivity index (χ0) is 10.6. The van der Waals surface area contributed by atoms with Crippen molar-refractivity contribution in [2.45, 2.75) is 6.92 Å². The number of nitrogens with two attached hydrogens (primary N) is 1. The molecule has 0 saturated carbocycles. The molecule has 74 valence electrons. The van der Waals surface area contributed by atoms with E-state index in [4.69, 9.17) is 10.5 Å². The first-order valence-corrected chi connectivity index (χ1v) is 4.30. The largest absolute Gasteiger partial charge is 0.488 e. The highest BCUT2D eigenvalue weighted by Crippen LogP contribution is 2.22. The quantitative estimate of drug-likeness (QED) is 0.736. The highest BCUT2D eigenvalue weighted by Gasteiger charge is 2.10. The number of hydrogen-bond acceptors (Lipinski definition) is 2. The van der Waals surface area contributed by atoms with E-state index in [-0.39, 0.29) is 0 Å². The normalized spacial score (nSPS) is 9.50. The molecule has 0 atom stereocenters. The van der Waals surface area contributed by atoms with Gasteiger partial charge in [-0.25, -0.2) is 0 Å². The molecule has 0 fully saturated rings. The van der Waals surface area contributed by atoms with Crippen molar-refractivity contribution < 1.29 is 9.53 Å². The van der Waals surface area contributed by atoms with Gasteiger partial charge in [-0.3, -0.25) is 4.79 Å². The number of para-hydroxylation sites is 1. The molecule has 0 bridgehead atoms. The molecule has 0 aliphatic rings. The summed E-state index contributed by atoms with van der Waals surface area (Å²) < 4.78 is 5.36. The van der Waals surface area contributed by atoms with Gasteiger partial charge < -0.3 is 10.5 Å². The van der Waals surface area contributed by atoms with Gasteiger partial charge in [-0.05, 0) is 18.6 Å². The molecule has 1 aromatic rings. The molecule has 1 aromatic carbocycles. The van der Waals surface area contributed by atoms with Gasteiger partial charge in [0.05, 0.1) is 5.56 Å². The van der Waals surface area contributed by atoms with Crippen molar-refractivity contribution in [3.05, 3.63) is 42.0 Å². The van der Waals surface area contributed by atoms with Crippen molar-refractivity contribution in [3.8, 4) is 5.75 Å². The molecular formula is C11H13NO2. The molecule has 0 saturated heterocycles. The smallest absolute Gasteiger partial charge is 0.252 e. The predicted octanol–water partition coefficient (Wildman–Crippen LogP) is 1.66. The van der Waals surface area contributed by atoms with Crippen LogP contribution in [0.25, 0.3) is 0 Å². The molecule has 0 aliphatic heterocycles. The van der Waals surface area contributed by atoms with Gasteiger partial charge >= 0.3 is 0 Å². The van der Waals surface area contributed by atoms with Gasteiger partial charge in [-0.1, -0.05) is 24.8 Å². The van der Waals surface area contributed by atoms with Crippen LogP contribution in [0, 0.1) is 6.92 Å². The van der Waals surface area contributed by atoms with Crippen molar-refractivity contribution in [1.82, 2.24) is 0 Å². The summed E-state index contributed by atoms with van der Waals surface area (Å²) in [6, 6.07) is 5.29. The Morgan fingerprint density at radius 3 is 2.93 bits per heavy atom. The van der Waals surface area contributed by atoms with Gasteiger partial charge in [0.2, 0.25) is 0 Å². The number of carbonyl (C=O) groups excluding carboxylic acids is 1. The third-order valence-corrected chi connectivity index (χ3v) is 1.82. The Balaban J connectivity index is 3.08. The fraction of sp³-hybridized carbons (Fsp3) is 0.182. The maximum Gasteiger partial charge on any atom is 0.252 e. The van der Waals surface area contributed by atoms with Crippen molar-refractivity contribution in [1.29, 1.82) is 0 Å². The molecule has 0 aromatic heterocycles. The molecule has 3 heteroatoms. The summed E-state index contributed by atoms with van der Waals surface area (Å²) in [7, 11) is 0. The Bertz CT molecular complexity index is 358. The lowest BCUT2D eigenvalue weighted by atomic mass is 10.1. The number of benzene rings is 1. The van der Waals surface area contributed by atoms with Crippen LogP contribution in [0.2, 0.25) is 0 Å². The summed E-state index contributed by atoms with van der Waals surface area (Å²) >= 11 is 0. The summed E-state index contributed by atoms with van der Waals surface area (Å²) in [6.45, 7) is 5.77. The first-order chi connectivity index (χ1) is 6.66. The van der Waals surface area contributed by atoms with Crippen LogP contribution in [0.1, 0.15) is 15.9 Å². The van der Waals surface area contributed by atoms with Gasteiger partial charge in [0, 0.05) is 0 Å². The van der Waals surface area contributed by atoms with Gasteiger partial charge in [0.25, 0.3) is 5.91 Å². The fourth-order valence-corrected chi connectivity index (χ4v) is 1.18. The molecular weight excluding hydrogens is 178 g/mol.